The molecule has 0 spiro atoms. The van der Waals surface area contributed by atoms with Crippen LogP contribution in [0.25, 0.3) is 0 Å². The minimum absolute atomic E-state index is 0.0387. The van der Waals surface area contributed by atoms with Crippen molar-refractivity contribution in [3.05, 3.63) is 76.5 Å². The summed E-state index contributed by atoms with van der Waals surface area (Å²) >= 11 is 1.48. The van der Waals surface area contributed by atoms with Gasteiger partial charge < -0.3 is 9.84 Å². The number of likely N-dealkylation sites (tertiary alicyclic amines) is 1. The number of carbonyl (C=O) groups is 1. The van der Waals surface area contributed by atoms with Gasteiger partial charge >= 0.3 is 0 Å². The largest absolute Gasteiger partial charge is 0.497 e. The molecule has 1 N–H and O–H groups in total. The van der Waals surface area contributed by atoms with Crippen LogP contribution in [0.5, 0.6) is 5.75 Å². The van der Waals surface area contributed by atoms with E-state index in [1.807, 2.05) is 42.5 Å². The zero-order valence-corrected chi connectivity index (χ0v) is 17.1. The number of halogens is 1. The number of aliphatic hydroxyl groups is 1. The number of aliphatic hydroxyl groups excluding tert-OH is 1. The highest BCUT2D eigenvalue weighted by atomic mass is 32.2. The number of benzene rings is 2. The number of rotatable bonds is 6. The molecule has 0 saturated carbocycles. The number of hydrogen-bond donors (Lipinski definition) is 1. The van der Waals surface area contributed by atoms with Crippen LogP contribution in [0.2, 0.25) is 0 Å². The van der Waals surface area contributed by atoms with E-state index in [9.17, 15) is 14.3 Å². The summed E-state index contributed by atoms with van der Waals surface area (Å²) in [5.74, 6) is 0.511. The standard InChI is InChI=1S/C23H24FNO3S/c1-28-17-6-4-5-15(11-17)13-25-10-9-16-12-21(20(27)14-26)29-23(16)22(25)18-7-2-3-8-19(18)24/h2-8,11-12,16,22-23,26H,9-10,13-14H2,1H3. The number of fused-ring (bicyclic) bond motifs is 1. The van der Waals surface area contributed by atoms with Crippen molar-refractivity contribution >= 4 is 17.5 Å². The Morgan fingerprint density at radius 2 is 2.10 bits per heavy atom. The Balaban J connectivity index is 1.66. The summed E-state index contributed by atoms with van der Waals surface area (Å²) in [7, 11) is 1.65. The van der Waals surface area contributed by atoms with Gasteiger partial charge in [-0.05, 0) is 42.6 Å². The highest BCUT2D eigenvalue weighted by molar-refractivity contribution is 8.04. The molecule has 2 aliphatic heterocycles. The van der Waals surface area contributed by atoms with E-state index in [1.165, 1.54) is 17.8 Å². The van der Waals surface area contributed by atoms with Crippen molar-refractivity contribution in [1.82, 2.24) is 4.90 Å². The monoisotopic (exact) mass is 413 g/mol. The van der Waals surface area contributed by atoms with Crippen LogP contribution in [0.3, 0.4) is 0 Å². The third kappa shape index (κ3) is 4.10. The van der Waals surface area contributed by atoms with Crippen molar-refractivity contribution in [3.8, 4) is 5.75 Å². The zero-order valence-electron chi connectivity index (χ0n) is 16.3. The van der Waals surface area contributed by atoms with Crippen LogP contribution in [0.1, 0.15) is 23.6 Å². The number of hydrogen-bond acceptors (Lipinski definition) is 5. The van der Waals surface area contributed by atoms with E-state index in [0.29, 0.717) is 17.0 Å². The first-order valence-corrected chi connectivity index (χ1v) is 10.6. The Labute approximate surface area is 174 Å². The lowest BCUT2D eigenvalue weighted by atomic mass is 9.85. The number of carbonyl (C=O) groups excluding carboxylic acids is 1. The Morgan fingerprint density at radius 1 is 1.28 bits per heavy atom. The summed E-state index contributed by atoms with van der Waals surface area (Å²) in [6.45, 7) is 0.981. The molecule has 1 fully saturated rings. The Morgan fingerprint density at radius 3 is 2.86 bits per heavy atom. The molecule has 4 nitrogen and oxygen atoms in total. The van der Waals surface area contributed by atoms with E-state index in [1.54, 1.807) is 13.2 Å². The Kier molecular flexibility index (Phi) is 6.04. The number of allylic oxidation sites excluding steroid dienone is 1. The van der Waals surface area contributed by atoms with Crippen molar-refractivity contribution in [2.24, 2.45) is 5.92 Å². The van der Waals surface area contributed by atoms with Crippen molar-refractivity contribution < 1.29 is 19.0 Å². The molecule has 152 valence electrons. The maximum Gasteiger partial charge on any atom is 0.194 e. The highest BCUT2D eigenvalue weighted by Gasteiger charge is 2.44. The number of ketones is 1. The molecule has 2 aliphatic rings. The fourth-order valence-corrected chi connectivity index (χ4v) is 5.86. The molecule has 0 radical (unpaired) electrons. The molecule has 0 amide bonds. The summed E-state index contributed by atoms with van der Waals surface area (Å²) < 4.78 is 20.1. The Hall–Kier alpha value is -2.15. The lowest BCUT2D eigenvalue weighted by Gasteiger charge is -2.43. The third-order valence-electron chi connectivity index (χ3n) is 5.67. The van der Waals surface area contributed by atoms with Gasteiger partial charge in [0, 0.05) is 22.3 Å². The molecule has 2 heterocycles. The molecule has 0 aliphatic carbocycles. The molecule has 29 heavy (non-hydrogen) atoms. The summed E-state index contributed by atoms with van der Waals surface area (Å²) in [4.78, 5) is 15.0. The SMILES string of the molecule is COc1cccc(CN2CCC3C=C(C(=O)CO)SC3C2c2ccccc2F)c1. The van der Waals surface area contributed by atoms with Crippen molar-refractivity contribution in [1.29, 1.82) is 0 Å². The zero-order chi connectivity index (χ0) is 20.4. The van der Waals surface area contributed by atoms with E-state index in [4.69, 9.17) is 4.74 Å². The minimum atomic E-state index is -0.490. The molecule has 3 unspecified atom stereocenters. The number of piperidine rings is 1. The number of thioether (sulfide) groups is 1. The fraction of sp³-hybridized carbons (Fsp3) is 0.348. The summed E-state index contributed by atoms with van der Waals surface area (Å²) in [6.07, 6.45) is 2.87. The third-order valence-corrected chi connectivity index (χ3v) is 7.16. The maximum atomic E-state index is 14.8. The molecule has 2 aromatic carbocycles. The normalized spacial score (nSPS) is 24.1. The minimum Gasteiger partial charge on any atom is -0.497 e. The molecule has 0 aromatic heterocycles. The Bertz CT molecular complexity index is 932. The van der Waals surface area contributed by atoms with Gasteiger partial charge in [-0.25, -0.2) is 4.39 Å². The van der Waals surface area contributed by atoms with Crippen LogP contribution in [0, 0.1) is 11.7 Å². The number of nitrogens with zero attached hydrogens (tertiary/aromatic N) is 1. The first kappa shape index (κ1) is 20.1. The van der Waals surface area contributed by atoms with Gasteiger partial charge in [0.25, 0.3) is 0 Å². The second kappa shape index (κ2) is 8.69. The predicted octanol–water partition coefficient (Wildman–Crippen LogP) is 3.96. The lowest BCUT2D eigenvalue weighted by Crippen LogP contribution is -2.43. The molecule has 3 atom stereocenters. The van der Waals surface area contributed by atoms with E-state index < -0.39 is 6.61 Å². The average Bonchev–Trinajstić information content (AvgIpc) is 3.18. The van der Waals surface area contributed by atoms with Crippen molar-refractivity contribution in [3.63, 3.8) is 0 Å². The van der Waals surface area contributed by atoms with Gasteiger partial charge in [-0.2, -0.15) is 0 Å². The van der Waals surface area contributed by atoms with Gasteiger partial charge in [0.15, 0.2) is 5.78 Å². The molecule has 6 heteroatoms. The molecule has 0 bridgehead atoms. The average molecular weight is 414 g/mol. The van der Waals surface area contributed by atoms with Crippen molar-refractivity contribution in [2.75, 3.05) is 20.3 Å². The van der Waals surface area contributed by atoms with Crippen LogP contribution in [0.15, 0.2) is 59.5 Å². The quantitative estimate of drug-likeness (QED) is 0.777. The number of methoxy groups -OCH3 is 1. The molecular formula is C23H24FNO3S. The van der Waals surface area contributed by atoms with Gasteiger partial charge in [0.2, 0.25) is 0 Å². The van der Waals surface area contributed by atoms with Crippen LogP contribution < -0.4 is 4.74 Å². The van der Waals surface area contributed by atoms with E-state index in [0.717, 1.165) is 24.3 Å². The topological polar surface area (TPSA) is 49.8 Å². The molecular weight excluding hydrogens is 389 g/mol. The van der Waals surface area contributed by atoms with Crippen LogP contribution >= 0.6 is 11.8 Å². The van der Waals surface area contributed by atoms with E-state index >= 15 is 0 Å². The number of Topliss-reactive ketones (excluding diaryl/α,β-unsaturated/α-hetero) is 1. The van der Waals surface area contributed by atoms with Crippen molar-refractivity contribution in [2.45, 2.75) is 24.3 Å². The van der Waals surface area contributed by atoms with Gasteiger partial charge in [0.05, 0.1) is 13.2 Å². The van der Waals surface area contributed by atoms with E-state index in [2.05, 4.69) is 4.90 Å². The second-order valence-electron chi connectivity index (χ2n) is 7.44. The summed E-state index contributed by atoms with van der Waals surface area (Å²) in [6, 6.07) is 14.7. The van der Waals surface area contributed by atoms with Crippen LogP contribution in [0.4, 0.5) is 4.39 Å². The molecule has 2 aromatic rings. The number of ether oxygens (including phenoxy) is 1. The predicted molar refractivity (Wildman–Crippen MR) is 112 cm³/mol. The summed E-state index contributed by atoms with van der Waals surface area (Å²) in [5, 5.41) is 9.30. The van der Waals surface area contributed by atoms with Gasteiger partial charge in [0.1, 0.15) is 18.2 Å². The molecule has 1 saturated heterocycles. The van der Waals surface area contributed by atoms with E-state index in [-0.39, 0.29) is 28.8 Å². The first-order valence-electron chi connectivity index (χ1n) is 9.74. The van der Waals surface area contributed by atoms with Gasteiger partial charge in [-0.1, -0.05) is 36.4 Å². The first-order chi connectivity index (χ1) is 14.1. The highest BCUT2D eigenvalue weighted by Crippen LogP contribution is 2.50. The smallest absolute Gasteiger partial charge is 0.194 e. The molecule has 4 rings (SSSR count). The maximum absolute atomic E-state index is 14.8. The fourth-order valence-electron chi connectivity index (χ4n) is 4.28. The van der Waals surface area contributed by atoms with Crippen LogP contribution in [-0.4, -0.2) is 41.3 Å². The second-order valence-corrected chi connectivity index (χ2v) is 8.66. The summed E-state index contributed by atoms with van der Waals surface area (Å²) in [5.41, 5.74) is 1.76. The van der Waals surface area contributed by atoms with Gasteiger partial charge in [-0.3, -0.25) is 9.69 Å². The van der Waals surface area contributed by atoms with Crippen LogP contribution in [-0.2, 0) is 11.3 Å². The van der Waals surface area contributed by atoms with Gasteiger partial charge in [-0.15, -0.1) is 11.8 Å². The lowest BCUT2D eigenvalue weighted by molar-refractivity contribution is -0.117.